The van der Waals surface area contributed by atoms with Gasteiger partial charge in [0, 0.05) is 16.1 Å². The van der Waals surface area contributed by atoms with Crippen LogP contribution >= 0.6 is 15.9 Å². The zero-order valence-corrected chi connectivity index (χ0v) is 15.2. The van der Waals surface area contributed by atoms with E-state index in [1.807, 2.05) is 44.2 Å². The van der Waals surface area contributed by atoms with Gasteiger partial charge in [0.05, 0.1) is 6.61 Å². The smallest absolute Gasteiger partial charge is 0.349 e. The minimum atomic E-state index is -0.625. The monoisotopic (exact) mass is 387 g/mol. The summed E-state index contributed by atoms with van der Waals surface area (Å²) in [5.74, 6) is 0.912. The van der Waals surface area contributed by atoms with Crippen LogP contribution in [0, 0.1) is 17.2 Å². The first-order valence-electron chi connectivity index (χ1n) is 7.64. The van der Waals surface area contributed by atoms with Crippen molar-refractivity contribution < 1.29 is 13.9 Å². The summed E-state index contributed by atoms with van der Waals surface area (Å²) in [7, 11) is 0. The largest absolute Gasteiger partial charge is 0.462 e. The SMILES string of the molecule is CC(C)CCOC(=O)/C(C#N)=C/c1ccc(-c2ccc(Br)cc2)o1. The number of carbonyl (C=O) groups excluding carboxylic acids is 1. The molecule has 24 heavy (non-hydrogen) atoms. The second-order valence-electron chi connectivity index (χ2n) is 5.70. The van der Waals surface area contributed by atoms with Gasteiger partial charge in [-0.1, -0.05) is 41.9 Å². The lowest BCUT2D eigenvalue weighted by Crippen LogP contribution is -2.09. The predicted octanol–water partition coefficient (Wildman–Crippen LogP) is 5.21. The van der Waals surface area contributed by atoms with Crippen molar-refractivity contribution in [2.45, 2.75) is 20.3 Å². The minimum Gasteiger partial charge on any atom is -0.462 e. The summed E-state index contributed by atoms with van der Waals surface area (Å²) in [5.41, 5.74) is 0.839. The van der Waals surface area contributed by atoms with Crippen molar-refractivity contribution in [2.24, 2.45) is 5.92 Å². The van der Waals surface area contributed by atoms with Crippen LogP contribution in [0.2, 0.25) is 0 Å². The predicted molar refractivity (Wildman–Crippen MR) is 95.8 cm³/mol. The summed E-state index contributed by atoms with van der Waals surface area (Å²) in [4.78, 5) is 11.9. The normalized spacial score (nSPS) is 11.4. The number of halogens is 1. The summed E-state index contributed by atoms with van der Waals surface area (Å²) < 4.78 is 11.8. The Morgan fingerprint density at radius 1 is 1.29 bits per heavy atom. The number of furan rings is 1. The van der Waals surface area contributed by atoms with Gasteiger partial charge in [0.2, 0.25) is 0 Å². The van der Waals surface area contributed by atoms with E-state index in [0.29, 0.717) is 24.0 Å². The number of hydrogen-bond donors (Lipinski definition) is 0. The number of rotatable bonds is 6. The summed E-state index contributed by atoms with van der Waals surface area (Å²) >= 11 is 3.38. The van der Waals surface area contributed by atoms with Crippen LogP contribution in [0.1, 0.15) is 26.0 Å². The first-order chi connectivity index (χ1) is 11.5. The highest BCUT2D eigenvalue weighted by molar-refractivity contribution is 9.10. The third-order valence-corrected chi connectivity index (χ3v) is 3.84. The van der Waals surface area contributed by atoms with E-state index in [-0.39, 0.29) is 5.57 Å². The van der Waals surface area contributed by atoms with Crippen LogP contribution < -0.4 is 0 Å². The van der Waals surface area contributed by atoms with Crippen LogP contribution in [-0.2, 0) is 9.53 Å². The van der Waals surface area contributed by atoms with Crippen molar-refractivity contribution in [3.63, 3.8) is 0 Å². The van der Waals surface area contributed by atoms with Gasteiger partial charge in [-0.2, -0.15) is 5.26 Å². The molecule has 0 bridgehead atoms. The van der Waals surface area contributed by atoms with Gasteiger partial charge in [0.15, 0.2) is 0 Å². The number of esters is 1. The van der Waals surface area contributed by atoms with E-state index in [9.17, 15) is 4.79 Å². The molecule has 1 aromatic carbocycles. The second kappa shape index (κ2) is 8.51. The third kappa shape index (κ3) is 5.10. The zero-order valence-electron chi connectivity index (χ0n) is 13.6. The molecule has 0 amide bonds. The molecule has 0 saturated heterocycles. The average molecular weight is 388 g/mol. The molecule has 1 aromatic heterocycles. The minimum absolute atomic E-state index is 0.0736. The van der Waals surface area contributed by atoms with Crippen LogP contribution in [0.3, 0.4) is 0 Å². The highest BCUT2D eigenvalue weighted by Crippen LogP contribution is 2.25. The van der Waals surface area contributed by atoms with Crippen molar-refractivity contribution in [2.75, 3.05) is 6.61 Å². The Bertz CT molecular complexity index is 767. The van der Waals surface area contributed by atoms with Crippen molar-refractivity contribution in [3.8, 4) is 17.4 Å². The van der Waals surface area contributed by atoms with Crippen LogP contribution in [0.4, 0.5) is 0 Å². The van der Waals surface area contributed by atoms with E-state index in [1.54, 1.807) is 12.1 Å². The highest BCUT2D eigenvalue weighted by Gasteiger charge is 2.12. The van der Waals surface area contributed by atoms with Gasteiger partial charge in [0.25, 0.3) is 0 Å². The molecular weight excluding hydrogens is 370 g/mol. The molecule has 2 aromatic rings. The molecule has 0 spiro atoms. The molecule has 124 valence electrons. The topological polar surface area (TPSA) is 63.2 Å². The molecular formula is C19H18BrNO3. The molecule has 1 heterocycles. The molecule has 0 unspecified atom stereocenters. The van der Waals surface area contributed by atoms with Gasteiger partial charge in [-0.15, -0.1) is 0 Å². The van der Waals surface area contributed by atoms with E-state index in [1.165, 1.54) is 6.08 Å². The Kier molecular flexibility index (Phi) is 6.39. The lowest BCUT2D eigenvalue weighted by molar-refractivity contribution is -0.138. The maximum atomic E-state index is 11.9. The first-order valence-corrected chi connectivity index (χ1v) is 8.43. The molecule has 0 atom stereocenters. The van der Waals surface area contributed by atoms with Crippen molar-refractivity contribution in [1.29, 1.82) is 5.26 Å². The Labute approximate surface area is 149 Å². The van der Waals surface area contributed by atoms with E-state index in [0.717, 1.165) is 16.5 Å². The molecule has 5 heteroatoms. The van der Waals surface area contributed by atoms with Crippen LogP contribution in [0.25, 0.3) is 17.4 Å². The molecule has 0 fully saturated rings. The fourth-order valence-corrected chi connectivity index (χ4v) is 2.21. The molecule has 0 aliphatic rings. The zero-order chi connectivity index (χ0) is 17.5. The van der Waals surface area contributed by atoms with Crippen LogP contribution in [0.15, 0.2) is 50.9 Å². The van der Waals surface area contributed by atoms with Crippen molar-refractivity contribution in [1.82, 2.24) is 0 Å². The molecule has 0 aliphatic heterocycles. The van der Waals surface area contributed by atoms with Crippen molar-refractivity contribution in [3.05, 3.63) is 52.2 Å². The highest BCUT2D eigenvalue weighted by atomic mass is 79.9. The lowest BCUT2D eigenvalue weighted by atomic mass is 10.1. The maximum absolute atomic E-state index is 11.9. The fourth-order valence-electron chi connectivity index (χ4n) is 1.94. The average Bonchev–Trinajstić information content (AvgIpc) is 3.01. The Balaban J connectivity index is 2.10. The second-order valence-corrected chi connectivity index (χ2v) is 6.61. The molecule has 0 radical (unpaired) electrons. The Hall–Kier alpha value is -2.32. The van der Waals surface area contributed by atoms with Gasteiger partial charge >= 0.3 is 5.97 Å². The van der Waals surface area contributed by atoms with Gasteiger partial charge in [-0.3, -0.25) is 0 Å². The van der Waals surface area contributed by atoms with Gasteiger partial charge in [-0.05, 0) is 36.6 Å². The molecule has 4 nitrogen and oxygen atoms in total. The summed E-state index contributed by atoms with van der Waals surface area (Å²) in [6.07, 6.45) is 2.17. The quantitative estimate of drug-likeness (QED) is 0.387. The number of benzene rings is 1. The summed E-state index contributed by atoms with van der Waals surface area (Å²) in [6.45, 7) is 4.39. The lowest BCUT2D eigenvalue weighted by Gasteiger charge is -2.05. The van der Waals surface area contributed by atoms with E-state index in [2.05, 4.69) is 15.9 Å². The Morgan fingerprint density at radius 2 is 2.00 bits per heavy atom. The van der Waals surface area contributed by atoms with E-state index in [4.69, 9.17) is 14.4 Å². The number of nitriles is 1. The fraction of sp³-hybridized carbons (Fsp3) is 0.263. The maximum Gasteiger partial charge on any atom is 0.349 e. The van der Waals surface area contributed by atoms with Crippen LogP contribution in [-0.4, -0.2) is 12.6 Å². The molecule has 0 N–H and O–H groups in total. The Morgan fingerprint density at radius 3 is 2.62 bits per heavy atom. The van der Waals surface area contributed by atoms with E-state index < -0.39 is 5.97 Å². The van der Waals surface area contributed by atoms with E-state index >= 15 is 0 Å². The van der Waals surface area contributed by atoms with Gasteiger partial charge < -0.3 is 9.15 Å². The summed E-state index contributed by atoms with van der Waals surface area (Å²) in [6, 6.07) is 13.1. The van der Waals surface area contributed by atoms with Crippen LogP contribution in [0.5, 0.6) is 0 Å². The number of nitrogens with zero attached hydrogens (tertiary/aromatic N) is 1. The first kappa shape index (κ1) is 18.0. The molecule has 0 aliphatic carbocycles. The molecule has 0 saturated carbocycles. The van der Waals surface area contributed by atoms with Crippen molar-refractivity contribution >= 4 is 28.0 Å². The number of ether oxygens (including phenoxy) is 1. The number of hydrogen-bond acceptors (Lipinski definition) is 4. The number of carbonyl (C=O) groups is 1. The molecule has 2 rings (SSSR count). The summed E-state index contributed by atoms with van der Waals surface area (Å²) in [5, 5.41) is 9.15. The van der Waals surface area contributed by atoms with Gasteiger partial charge in [0.1, 0.15) is 23.2 Å². The third-order valence-electron chi connectivity index (χ3n) is 3.31. The standard InChI is InChI=1S/C19H18BrNO3/c1-13(2)9-10-23-19(22)15(12-21)11-17-7-8-18(24-17)14-3-5-16(20)6-4-14/h3-8,11,13H,9-10H2,1-2H3/b15-11+. The van der Waals surface area contributed by atoms with Gasteiger partial charge in [-0.25, -0.2) is 4.79 Å².